The third kappa shape index (κ3) is 6.83. The van der Waals surface area contributed by atoms with Gasteiger partial charge >= 0.3 is 0 Å². The van der Waals surface area contributed by atoms with Gasteiger partial charge in [-0.05, 0) is 53.0 Å². The summed E-state index contributed by atoms with van der Waals surface area (Å²) in [6, 6.07) is 10.1. The van der Waals surface area contributed by atoms with Crippen LogP contribution in [0.15, 0.2) is 35.7 Å². The van der Waals surface area contributed by atoms with Crippen LogP contribution in [-0.2, 0) is 20.7 Å². The third-order valence-corrected chi connectivity index (χ3v) is 7.19. The molecule has 1 unspecified atom stereocenters. The van der Waals surface area contributed by atoms with Crippen molar-refractivity contribution < 1.29 is 19.1 Å². The summed E-state index contributed by atoms with van der Waals surface area (Å²) in [4.78, 5) is 31.1. The van der Waals surface area contributed by atoms with Crippen LogP contribution in [0.5, 0.6) is 5.75 Å². The lowest BCUT2D eigenvalue weighted by Crippen LogP contribution is -2.48. The predicted octanol–water partition coefficient (Wildman–Crippen LogP) is 4.90. The summed E-state index contributed by atoms with van der Waals surface area (Å²) >= 11 is 1.73. The molecule has 1 aromatic heterocycles. The molecule has 34 heavy (non-hydrogen) atoms. The Bertz CT molecular complexity index is 938. The highest BCUT2D eigenvalue weighted by molar-refractivity contribution is 7.10. The number of ether oxygens (including phenoxy) is 2. The standard InChI is InChI=1S/C27H38N2O4S/c1-19(2)16-26(30)28(13-14-32-5)17-27(31)29-12-10-25-23(11-15-34-25)24(29)18-33-22-8-6-21(7-9-22)20(3)4/h6-9,11,15,19-20,24H,10,12-14,16-18H2,1-5H3. The fourth-order valence-corrected chi connectivity index (χ4v) is 5.15. The quantitative estimate of drug-likeness (QED) is 0.453. The maximum atomic E-state index is 13.5. The van der Waals surface area contributed by atoms with Crippen molar-refractivity contribution in [3.63, 3.8) is 0 Å². The monoisotopic (exact) mass is 486 g/mol. The number of hydrogen-bond acceptors (Lipinski definition) is 5. The molecule has 0 bridgehead atoms. The van der Waals surface area contributed by atoms with E-state index in [-0.39, 0.29) is 30.3 Å². The van der Waals surface area contributed by atoms with Gasteiger partial charge in [0.15, 0.2) is 0 Å². The zero-order valence-corrected chi connectivity index (χ0v) is 21.9. The van der Waals surface area contributed by atoms with Gasteiger partial charge in [0, 0.05) is 31.5 Å². The average Bonchev–Trinajstić information content (AvgIpc) is 3.29. The van der Waals surface area contributed by atoms with Crippen LogP contribution >= 0.6 is 11.3 Å². The summed E-state index contributed by atoms with van der Waals surface area (Å²) < 4.78 is 11.4. The highest BCUT2D eigenvalue weighted by Gasteiger charge is 2.33. The van der Waals surface area contributed by atoms with Gasteiger partial charge in [0.25, 0.3) is 0 Å². The normalized spacial score (nSPS) is 15.5. The second-order valence-electron chi connectivity index (χ2n) is 9.59. The number of carbonyl (C=O) groups excluding carboxylic acids is 2. The molecule has 2 aromatic rings. The molecule has 186 valence electrons. The van der Waals surface area contributed by atoms with Crippen LogP contribution in [0.4, 0.5) is 0 Å². The van der Waals surface area contributed by atoms with Crippen LogP contribution in [0.25, 0.3) is 0 Å². The summed E-state index contributed by atoms with van der Waals surface area (Å²) in [5.41, 5.74) is 2.42. The van der Waals surface area contributed by atoms with E-state index < -0.39 is 0 Å². The fraction of sp³-hybridized carbons (Fsp3) is 0.556. The molecule has 2 heterocycles. The molecular formula is C27H38N2O4S. The Morgan fingerprint density at radius 2 is 1.88 bits per heavy atom. The second kappa shape index (κ2) is 12.4. The van der Waals surface area contributed by atoms with Crippen molar-refractivity contribution in [3.05, 3.63) is 51.7 Å². The van der Waals surface area contributed by atoms with Crippen molar-refractivity contribution >= 4 is 23.2 Å². The number of carbonyl (C=O) groups is 2. The van der Waals surface area contributed by atoms with Gasteiger partial charge in [-0.25, -0.2) is 0 Å². The molecule has 1 atom stereocenters. The Hall–Kier alpha value is -2.38. The first-order chi connectivity index (χ1) is 16.3. The number of rotatable bonds is 11. The Morgan fingerprint density at radius 1 is 1.15 bits per heavy atom. The van der Waals surface area contributed by atoms with E-state index in [1.807, 2.05) is 30.9 Å². The van der Waals surface area contributed by atoms with Gasteiger partial charge < -0.3 is 19.3 Å². The first-order valence-corrected chi connectivity index (χ1v) is 13.0. The molecular weight excluding hydrogens is 448 g/mol. The Balaban J connectivity index is 1.73. The van der Waals surface area contributed by atoms with Crippen LogP contribution in [0.1, 0.15) is 62.1 Å². The number of methoxy groups -OCH3 is 1. The van der Waals surface area contributed by atoms with Gasteiger partial charge in [0.05, 0.1) is 19.2 Å². The first kappa shape index (κ1) is 26.2. The molecule has 0 radical (unpaired) electrons. The highest BCUT2D eigenvalue weighted by atomic mass is 32.1. The van der Waals surface area contributed by atoms with Crippen molar-refractivity contribution in [2.24, 2.45) is 5.92 Å². The van der Waals surface area contributed by atoms with Crippen molar-refractivity contribution in [2.45, 2.75) is 52.5 Å². The molecule has 0 saturated heterocycles. The van der Waals surface area contributed by atoms with E-state index in [0.717, 1.165) is 17.7 Å². The Labute approximate surface area is 207 Å². The van der Waals surface area contributed by atoms with E-state index in [1.165, 1.54) is 10.4 Å². The summed E-state index contributed by atoms with van der Waals surface area (Å²) in [5.74, 6) is 1.45. The molecule has 1 aromatic carbocycles. The molecule has 6 nitrogen and oxygen atoms in total. The van der Waals surface area contributed by atoms with E-state index in [2.05, 4.69) is 37.4 Å². The Kier molecular flexibility index (Phi) is 9.54. The van der Waals surface area contributed by atoms with E-state index >= 15 is 0 Å². The van der Waals surface area contributed by atoms with Gasteiger partial charge in [-0.2, -0.15) is 0 Å². The Morgan fingerprint density at radius 3 is 2.53 bits per heavy atom. The van der Waals surface area contributed by atoms with Crippen LogP contribution in [-0.4, -0.2) is 61.6 Å². The van der Waals surface area contributed by atoms with Crippen LogP contribution in [0.2, 0.25) is 0 Å². The number of thiophene rings is 1. The number of fused-ring (bicyclic) bond motifs is 1. The summed E-state index contributed by atoms with van der Waals surface area (Å²) in [6.45, 7) is 10.3. The molecule has 0 saturated carbocycles. The predicted molar refractivity (Wildman–Crippen MR) is 136 cm³/mol. The zero-order valence-electron chi connectivity index (χ0n) is 21.1. The molecule has 7 heteroatoms. The maximum absolute atomic E-state index is 13.5. The topological polar surface area (TPSA) is 59.1 Å². The summed E-state index contributed by atoms with van der Waals surface area (Å²) in [5, 5.41) is 2.08. The summed E-state index contributed by atoms with van der Waals surface area (Å²) in [6.07, 6.45) is 1.25. The molecule has 1 aliphatic rings. The molecule has 0 fully saturated rings. The van der Waals surface area contributed by atoms with Crippen LogP contribution in [0.3, 0.4) is 0 Å². The molecule has 0 aliphatic carbocycles. The zero-order chi connectivity index (χ0) is 24.7. The maximum Gasteiger partial charge on any atom is 0.242 e. The highest BCUT2D eigenvalue weighted by Crippen LogP contribution is 2.34. The van der Waals surface area contributed by atoms with Crippen molar-refractivity contribution in [1.29, 1.82) is 0 Å². The number of nitrogens with zero attached hydrogens (tertiary/aromatic N) is 2. The fourth-order valence-electron chi connectivity index (χ4n) is 4.22. The van der Waals surface area contributed by atoms with E-state index in [0.29, 0.717) is 38.6 Å². The van der Waals surface area contributed by atoms with Crippen LogP contribution in [0, 0.1) is 5.92 Å². The smallest absolute Gasteiger partial charge is 0.242 e. The minimum Gasteiger partial charge on any atom is -0.491 e. The molecule has 1 aliphatic heterocycles. The van der Waals surface area contributed by atoms with Gasteiger partial charge in [-0.1, -0.05) is 39.8 Å². The van der Waals surface area contributed by atoms with Gasteiger partial charge in [-0.3, -0.25) is 9.59 Å². The lowest BCUT2D eigenvalue weighted by atomic mass is 10.00. The minimum absolute atomic E-state index is 0.00771. The average molecular weight is 487 g/mol. The third-order valence-electron chi connectivity index (χ3n) is 6.20. The number of amides is 2. The van der Waals surface area contributed by atoms with E-state index in [4.69, 9.17) is 9.47 Å². The first-order valence-electron chi connectivity index (χ1n) is 12.1. The van der Waals surface area contributed by atoms with Gasteiger partial charge in [-0.15, -0.1) is 11.3 Å². The van der Waals surface area contributed by atoms with Crippen LogP contribution < -0.4 is 4.74 Å². The molecule has 2 amide bonds. The molecule has 3 rings (SSSR count). The van der Waals surface area contributed by atoms with Gasteiger partial charge in [0.2, 0.25) is 11.8 Å². The largest absolute Gasteiger partial charge is 0.491 e. The lowest BCUT2D eigenvalue weighted by molar-refractivity contribution is -0.143. The van der Waals surface area contributed by atoms with E-state index in [9.17, 15) is 9.59 Å². The lowest BCUT2D eigenvalue weighted by Gasteiger charge is -2.37. The minimum atomic E-state index is -0.170. The molecule has 0 spiro atoms. The van der Waals surface area contributed by atoms with Crippen molar-refractivity contribution in [1.82, 2.24) is 9.80 Å². The van der Waals surface area contributed by atoms with Gasteiger partial charge in [0.1, 0.15) is 12.4 Å². The van der Waals surface area contributed by atoms with Crippen molar-refractivity contribution in [2.75, 3.05) is 40.0 Å². The number of hydrogen-bond donors (Lipinski definition) is 0. The number of benzene rings is 1. The molecule has 0 N–H and O–H groups in total. The SMILES string of the molecule is COCCN(CC(=O)N1CCc2sccc2C1COc1ccc(C(C)C)cc1)C(=O)CC(C)C. The second-order valence-corrected chi connectivity index (χ2v) is 10.6. The summed E-state index contributed by atoms with van der Waals surface area (Å²) in [7, 11) is 1.61. The van der Waals surface area contributed by atoms with E-state index in [1.54, 1.807) is 23.3 Å². The van der Waals surface area contributed by atoms with Crippen molar-refractivity contribution in [3.8, 4) is 5.75 Å².